The van der Waals surface area contributed by atoms with Crippen molar-refractivity contribution in [2.24, 2.45) is 0 Å². The van der Waals surface area contributed by atoms with Crippen molar-refractivity contribution < 1.29 is 17.9 Å². The molecule has 6 heteroatoms. The Hall–Kier alpha value is -1.85. The minimum Gasteiger partial charge on any atom is -0.461 e. The molecule has 0 aliphatic carbocycles. The Morgan fingerprint density at radius 1 is 1.00 bits per heavy atom. The Labute approximate surface area is 140 Å². The van der Waals surface area contributed by atoms with Gasteiger partial charge in [-0.2, -0.15) is 0 Å². The summed E-state index contributed by atoms with van der Waals surface area (Å²) in [4.78, 5) is 11.8. The van der Waals surface area contributed by atoms with Crippen LogP contribution in [0.1, 0.15) is 24.0 Å². The number of hydrogen-bond acceptors (Lipinski definition) is 4. The van der Waals surface area contributed by atoms with Gasteiger partial charge in [0.2, 0.25) is 0 Å². The van der Waals surface area contributed by atoms with Crippen LogP contribution in [0.15, 0.2) is 59.5 Å². The normalized spacial score (nSPS) is 11.2. The summed E-state index contributed by atoms with van der Waals surface area (Å²) in [6, 6.07) is 15.9. The first-order valence-electron chi connectivity index (χ1n) is 7.18. The lowest BCUT2D eigenvalue weighted by atomic mass is 10.1. The zero-order chi connectivity index (χ0) is 16.7. The molecule has 4 nitrogen and oxygen atoms in total. The van der Waals surface area contributed by atoms with Gasteiger partial charge >= 0.3 is 5.97 Å². The number of carbonyl (C=O) groups is 1. The zero-order valence-electron chi connectivity index (χ0n) is 12.4. The van der Waals surface area contributed by atoms with Crippen molar-refractivity contribution in [2.45, 2.75) is 30.8 Å². The molecule has 0 aliphatic heterocycles. The van der Waals surface area contributed by atoms with Crippen LogP contribution in [0.3, 0.4) is 0 Å². The maximum Gasteiger partial charge on any atom is 0.306 e. The third kappa shape index (κ3) is 6.04. The first kappa shape index (κ1) is 17.5. The van der Waals surface area contributed by atoms with Gasteiger partial charge in [0.05, 0.1) is 4.90 Å². The molecule has 2 aromatic rings. The highest BCUT2D eigenvalue weighted by atomic mass is 35.7. The predicted molar refractivity (Wildman–Crippen MR) is 88.7 cm³/mol. The third-order valence-corrected chi connectivity index (χ3v) is 4.62. The topological polar surface area (TPSA) is 60.4 Å². The highest BCUT2D eigenvalue weighted by molar-refractivity contribution is 8.13. The molecule has 0 N–H and O–H groups in total. The summed E-state index contributed by atoms with van der Waals surface area (Å²) in [5.74, 6) is -0.269. The van der Waals surface area contributed by atoms with E-state index in [4.69, 9.17) is 15.4 Å². The first-order chi connectivity index (χ1) is 10.9. The quantitative estimate of drug-likeness (QED) is 0.563. The Kier molecular flexibility index (Phi) is 6.19. The first-order valence-corrected chi connectivity index (χ1v) is 9.49. The van der Waals surface area contributed by atoms with Gasteiger partial charge in [0.15, 0.2) is 0 Å². The van der Waals surface area contributed by atoms with E-state index in [0.29, 0.717) is 12.8 Å². The lowest BCUT2D eigenvalue weighted by molar-refractivity contribution is -0.145. The van der Waals surface area contributed by atoms with Crippen molar-refractivity contribution in [3.8, 4) is 0 Å². The molecule has 122 valence electrons. The van der Waals surface area contributed by atoms with Gasteiger partial charge in [-0.3, -0.25) is 4.79 Å². The minimum atomic E-state index is -3.73. The maximum absolute atomic E-state index is 11.7. The molecule has 0 spiro atoms. The Bertz CT molecular complexity index is 757. The van der Waals surface area contributed by atoms with Crippen LogP contribution in [-0.4, -0.2) is 14.4 Å². The summed E-state index contributed by atoms with van der Waals surface area (Å²) in [5, 5.41) is 0. The molecule has 0 aromatic heterocycles. The Morgan fingerprint density at radius 3 is 2.39 bits per heavy atom. The van der Waals surface area contributed by atoms with E-state index in [-0.39, 0.29) is 23.9 Å². The van der Waals surface area contributed by atoms with Gasteiger partial charge in [-0.25, -0.2) is 8.42 Å². The number of hydrogen-bond donors (Lipinski definition) is 0. The summed E-state index contributed by atoms with van der Waals surface area (Å²) in [5.41, 5.74) is 1.77. The monoisotopic (exact) mass is 352 g/mol. The van der Waals surface area contributed by atoms with Crippen LogP contribution in [-0.2, 0) is 31.6 Å². The van der Waals surface area contributed by atoms with Crippen LogP contribution in [0.4, 0.5) is 0 Å². The number of halogens is 1. The fourth-order valence-corrected chi connectivity index (χ4v) is 2.92. The maximum atomic E-state index is 11.7. The van der Waals surface area contributed by atoms with E-state index in [1.165, 1.54) is 12.1 Å². The van der Waals surface area contributed by atoms with Crippen molar-refractivity contribution in [2.75, 3.05) is 0 Å². The third-order valence-electron chi connectivity index (χ3n) is 3.27. The summed E-state index contributed by atoms with van der Waals surface area (Å²) in [6.45, 7) is 0.264. The minimum absolute atomic E-state index is 0.0725. The number of benzene rings is 2. The van der Waals surface area contributed by atoms with E-state index in [0.717, 1.165) is 11.1 Å². The summed E-state index contributed by atoms with van der Waals surface area (Å²) >= 11 is 0. The van der Waals surface area contributed by atoms with E-state index in [2.05, 4.69) is 0 Å². The summed E-state index contributed by atoms with van der Waals surface area (Å²) in [6.07, 6.45) is 1.45. The molecule has 2 rings (SSSR count). The molecule has 0 fully saturated rings. The molecule has 0 saturated heterocycles. The van der Waals surface area contributed by atoms with Crippen LogP contribution in [0, 0.1) is 0 Å². The molecule has 0 amide bonds. The van der Waals surface area contributed by atoms with E-state index in [1.807, 2.05) is 30.3 Å². The van der Waals surface area contributed by atoms with Crippen LogP contribution < -0.4 is 0 Å². The standard InChI is InChI=1S/C17H17ClO4S/c18-23(20,21)16-10-4-8-14(12-16)9-5-11-17(19)22-13-15-6-2-1-3-7-15/h1-4,6-8,10,12H,5,9,11,13H2. The number of carbonyl (C=O) groups excluding carboxylic acids is 1. The van der Waals surface area contributed by atoms with Gasteiger partial charge in [-0.05, 0) is 36.1 Å². The van der Waals surface area contributed by atoms with Crippen molar-refractivity contribution in [1.29, 1.82) is 0 Å². The van der Waals surface area contributed by atoms with Crippen molar-refractivity contribution >= 4 is 25.7 Å². The van der Waals surface area contributed by atoms with E-state index in [9.17, 15) is 13.2 Å². The summed E-state index contributed by atoms with van der Waals surface area (Å²) in [7, 11) is 1.59. The number of esters is 1. The summed E-state index contributed by atoms with van der Waals surface area (Å²) < 4.78 is 27.7. The van der Waals surface area contributed by atoms with Gasteiger partial charge < -0.3 is 4.74 Å². The molecule has 23 heavy (non-hydrogen) atoms. The average molecular weight is 353 g/mol. The Balaban J connectivity index is 1.77. The van der Waals surface area contributed by atoms with Gasteiger partial charge in [0.25, 0.3) is 9.05 Å². The predicted octanol–water partition coefficient (Wildman–Crippen LogP) is 3.68. The smallest absolute Gasteiger partial charge is 0.306 e. The molecule has 2 aromatic carbocycles. The Morgan fingerprint density at radius 2 is 1.70 bits per heavy atom. The molecular formula is C17H17ClO4S. The molecule has 0 unspecified atom stereocenters. The van der Waals surface area contributed by atoms with E-state index in [1.54, 1.807) is 12.1 Å². The zero-order valence-corrected chi connectivity index (χ0v) is 14.0. The van der Waals surface area contributed by atoms with E-state index >= 15 is 0 Å². The number of rotatable bonds is 7. The van der Waals surface area contributed by atoms with E-state index < -0.39 is 9.05 Å². The average Bonchev–Trinajstić information content (AvgIpc) is 2.53. The van der Waals surface area contributed by atoms with Gasteiger partial charge in [-0.15, -0.1) is 0 Å². The van der Waals surface area contributed by atoms with Crippen molar-refractivity contribution in [1.82, 2.24) is 0 Å². The van der Waals surface area contributed by atoms with Crippen LogP contribution >= 0.6 is 10.7 Å². The lowest BCUT2D eigenvalue weighted by Crippen LogP contribution is -2.05. The molecule has 0 atom stereocenters. The molecule has 0 heterocycles. The second-order valence-electron chi connectivity index (χ2n) is 5.09. The fourth-order valence-electron chi connectivity index (χ4n) is 2.10. The molecular weight excluding hydrogens is 336 g/mol. The van der Waals surface area contributed by atoms with Gasteiger partial charge in [-0.1, -0.05) is 42.5 Å². The number of aryl methyl sites for hydroxylation is 1. The van der Waals surface area contributed by atoms with Crippen LogP contribution in [0.25, 0.3) is 0 Å². The number of ether oxygens (including phenoxy) is 1. The van der Waals surface area contributed by atoms with Crippen molar-refractivity contribution in [3.63, 3.8) is 0 Å². The highest BCUT2D eigenvalue weighted by Gasteiger charge is 2.10. The van der Waals surface area contributed by atoms with Crippen LogP contribution in [0.5, 0.6) is 0 Å². The largest absolute Gasteiger partial charge is 0.461 e. The molecule has 0 bridgehead atoms. The van der Waals surface area contributed by atoms with Crippen LogP contribution in [0.2, 0.25) is 0 Å². The lowest BCUT2D eigenvalue weighted by Gasteiger charge is -2.06. The van der Waals surface area contributed by atoms with Gasteiger partial charge in [0, 0.05) is 17.1 Å². The molecule has 0 radical (unpaired) electrons. The second-order valence-corrected chi connectivity index (χ2v) is 7.65. The molecule has 0 aliphatic rings. The van der Waals surface area contributed by atoms with Crippen molar-refractivity contribution in [3.05, 3.63) is 65.7 Å². The van der Waals surface area contributed by atoms with Gasteiger partial charge in [0.1, 0.15) is 6.61 Å². The fraction of sp³-hybridized carbons (Fsp3) is 0.235. The second kappa shape index (κ2) is 8.13. The highest BCUT2D eigenvalue weighted by Crippen LogP contribution is 2.17. The SMILES string of the molecule is O=C(CCCc1cccc(S(=O)(=O)Cl)c1)OCc1ccccc1. The molecule has 0 saturated carbocycles.